The maximum Gasteiger partial charge on any atom is 0.260 e. The molecule has 22 heavy (non-hydrogen) atoms. The van der Waals surface area contributed by atoms with Crippen LogP contribution in [0.25, 0.3) is 0 Å². The first-order chi connectivity index (χ1) is 10.4. The molecule has 1 aromatic rings. The third-order valence-corrected chi connectivity index (χ3v) is 2.75. The molecule has 0 spiro atoms. The third-order valence-electron chi connectivity index (χ3n) is 2.75. The topological polar surface area (TPSA) is 67.9 Å². The molecule has 0 unspecified atom stereocenters. The van der Waals surface area contributed by atoms with Crippen LogP contribution in [0.2, 0.25) is 0 Å². The Morgan fingerprint density at radius 1 is 1.14 bits per heavy atom. The Kier molecular flexibility index (Phi) is 7.22. The van der Waals surface area contributed by atoms with E-state index in [9.17, 15) is 9.59 Å². The van der Waals surface area contributed by atoms with Gasteiger partial charge in [0.25, 0.3) is 5.91 Å². The number of likely N-dealkylation sites (N-methyl/N-ethyl adjacent to an activating group) is 1. The second-order valence-electron chi connectivity index (χ2n) is 5.17. The van der Waals surface area contributed by atoms with Gasteiger partial charge in [-0.2, -0.15) is 0 Å². The third kappa shape index (κ3) is 6.47. The highest BCUT2D eigenvalue weighted by atomic mass is 16.5. The summed E-state index contributed by atoms with van der Waals surface area (Å²) in [5, 5.41) is 2.73. The molecule has 0 fully saturated rings. The molecule has 0 saturated heterocycles. The van der Waals surface area contributed by atoms with Crippen LogP contribution in [0, 0.1) is 0 Å². The lowest BCUT2D eigenvalue weighted by atomic mass is 10.3. The Bertz CT molecular complexity index is 485. The summed E-state index contributed by atoms with van der Waals surface area (Å²) in [6, 6.07) is 7.09. The summed E-state index contributed by atoms with van der Waals surface area (Å²) in [5.41, 5.74) is 0. The van der Waals surface area contributed by atoms with Gasteiger partial charge in [-0.05, 0) is 45.0 Å². The molecule has 1 aromatic carbocycles. The van der Waals surface area contributed by atoms with Crippen LogP contribution in [0.5, 0.6) is 11.5 Å². The largest absolute Gasteiger partial charge is 0.494 e. The highest BCUT2D eigenvalue weighted by Crippen LogP contribution is 2.17. The second-order valence-corrected chi connectivity index (χ2v) is 5.17. The molecule has 122 valence electrons. The number of amides is 2. The molecule has 0 aliphatic rings. The number of carbonyl (C=O) groups is 2. The number of rotatable bonds is 8. The van der Waals surface area contributed by atoms with Crippen molar-refractivity contribution in [3.05, 3.63) is 24.3 Å². The summed E-state index contributed by atoms with van der Waals surface area (Å²) in [7, 11) is 1.57. The highest BCUT2D eigenvalue weighted by molar-refractivity contribution is 5.85. The summed E-state index contributed by atoms with van der Waals surface area (Å²) in [6.07, 6.45) is 0. The van der Waals surface area contributed by atoms with Gasteiger partial charge in [0, 0.05) is 13.1 Å². The van der Waals surface area contributed by atoms with E-state index in [0.717, 1.165) is 5.75 Å². The van der Waals surface area contributed by atoms with Crippen LogP contribution in [0.4, 0.5) is 0 Å². The predicted octanol–water partition coefficient (Wildman–Crippen LogP) is 1.45. The molecule has 0 aliphatic heterocycles. The number of hydrogen-bond acceptors (Lipinski definition) is 4. The summed E-state index contributed by atoms with van der Waals surface area (Å²) in [4.78, 5) is 24.8. The first-order valence-corrected chi connectivity index (χ1v) is 7.31. The van der Waals surface area contributed by atoms with E-state index in [1.807, 2.05) is 20.8 Å². The number of nitrogens with zero attached hydrogens (tertiary/aromatic N) is 1. The Hall–Kier alpha value is -2.24. The van der Waals surface area contributed by atoms with Gasteiger partial charge in [-0.3, -0.25) is 9.59 Å². The zero-order valence-electron chi connectivity index (χ0n) is 13.6. The van der Waals surface area contributed by atoms with Crippen molar-refractivity contribution in [2.75, 3.05) is 26.8 Å². The van der Waals surface area contributed by atoms with E-state index in [1.54, 1.807) is 31.3 Å². The molecule has 2 amide bonds. The van der Waals surface area contributed by atoms with Crippen LogP contribution in [-0.2, 0) is 9.59 Å². The monoisotopic (exact) mass is 308 g/mol. The van der Waals surface area contributed by atoms with E-state index in [2.05, 4.69) is 5.32 Å². The van der Waals surface area contributed by atoms with E-state index >= 15 is 0 Å². The first kappa shape index (κ1) is 17.8. The van der Waals surface area contributed by atoms with Crippen LogP contribution in [-0.4, -0.2) is 49.6 Å². The fourth-order valence-corrected chi connectivity index (χ4v) is 1.73. The van der Waals surface area contributed by atoms with Gasteiger partial charge in [0.2, 0.25) is 5.91 Å². The van der Waals surface area contributed by atoms with Crippen LogP contribution >= 0.6 is 0 Å². The lowest BCUT2D eigenvalue weighted by molar-refractivity contribution is -0.136. The van der Waals surface area contributed by atoms with Crippen LogP contribution < -0.4 is 14.8 Å². The normalized spacial score (nSPS) is 10.2. The summed E-state index contributed by atoms with van der Waals surface area (Å²) >= 11 is 0. The maximum atomic E-state index is 11.9. The molecule has 6 heteroatoms. The molecule has 0 heterocycles. The molecule has 1 N–H and O–H groups in total. The number of hydrogen-bond donors (Lipinski definition) is 1. The van der Waals surface area contributed by atoms with E-state index < -0.39 is 0 Å². The highest BCUT2D eigenvalue weighted by Gasteiger charge is 2.14. The average molecular weight is 308 g/mol. The van der Waals surface area contributed by atoms with Gasteiger partial charge in [-0.25, -0.2) is 0 Å². The molecule has 0 saturated carbocycles. The number of benzene rings is 1. The number of ether oxygens (including phenoxy) is 2. The van der Waals surface area contributed by atoms with Crippen molar-refractivity contribution < 1.29 is 19.1 Å². The zero-order valence-corrected chi connectivity index (χ0v) is 13.6. The molecule has 1 rings (SSSR count). The van der Waals surface area contributed by atoms with Crippen molar-refractivity contribution in [3.8, 4) is 11.5 Å². The van der Waals surface area contributed by atoms with Crippen molar-refractivity contribution in [1.29, 1.82) is 0 Å². The van der Waals surface area contributed by atoms with E-state index in [0.29, 0.717) is 12.4 Å². The van der Waals surface area contributed by atoms with Crippen LogP contribution in [0.15, 0.2) is 24.3 Å². The SMILES string of the molecule is CCOc1ccc(OCC(=O)N(C)CC(=O)NC(C)C)cc1. The van der Waals surface area contributed by atoms with Gasteiger partial charge in [0.1, 0.15) is 11.5 Å². The van der Waals surface area contributed by atoms with Crippen molar-refractivity contribution in [1.82, 2.24) is 10.2 Å². The number of carbonyl (C=O) groups excluding carboxylic acids is 2. The van der Waals surface area contributed by atoms with Gasteiger partial charge in [0.15, 0.2) is 6.61 Å². The first-order valence-electron chi connectivity index (χ1n) is 7.31. The van der Waals surface area contributed by atoms with E-state index in [-0.39, 0.29) is 31.0 Å². The fourth-order valence-electron chi connectivity index (χ4n) is 1.73. The van der Waals surface area contributed by atoms with E-state index in [1.165, 1.54) is 4.90 Å². The zero-order chi connectivity index (χ0) is 16.5. The minimum atomic E-state index is -0.257. The Balaban J connectivity index is 2.39. The summed E-state index contributed by atoms with van der Waals surface area (Å²) < 4.78 is 10.7. The Morgan fingerprint density at radius 3 is 2.18 bits per heavy atom. The quantitative estimate of drug-likeness (QED) is 0.789. The molecular weight excluding hydrogens is 284 g/mol. The van der Waals surface area contributed by atoms with Gasteiger partial charge < -0.3 is 19.7 Å². The maximum absolute atomic E-state index is 11.9. The molecule has 0 aliphatic carbocycles. The van der Waals surface area contributed by atoms with Gasteiger partial charge in [0.05, 0.1) is 13.2 Å². The van der Waals surface area contributed by atoms with Crippen molar-refractivity contribution in [2.24, 2.45) is 0 Å². The molecule has 0 bridgehead atoms. The van der Waals surface area contributed by atoms with Gasteiger partial charge in [-0.15, -0.1) is 0 Å². The van der Waals surface area contributed by atoms with E-state index in [4.69, 9.17) is 9.47 Å². The van der Waals surface area contributed by atoms with Crippen LogP contribution in [0.1, 0.15) is 20.8 Å². The smallest absolute Gasteiger partial charge is 0.260 e. The van der Waals surface area contributed by atoms with Crippen molar-refractivity contribution in [2.45, 2.75) is 26.8 Å². The molecule has 0 atom stereocenters. The fraction of sp³-hybridized carbons (Fsp3) is 0.500. The second kappa shape index (κ2) is 8.92. The summed E-state index contributed by atoms with van der Waals surface area (Å²) in [5.74, 6) is 0.889. The predicted molar refractivity (Wildman–Crippen MR) is 84.0 cm³/mol. The van der Waals surface area contributed by atoms with Gasteiger partial charge in [-0.1, -0.05) is 0 Å². The molecule has 0 aromatic heterocycles. The lowest BCUT2D eigenvalue weighted by Crippen LogP contribution is -2.42. The van der Waals surface area contributed by atoms with Crippen molar-refractivity contribution >= 4 is 11.8 Å². The summed E-state index contributed by atoms with van der Waals surface area (Å²) in [6.45, 7) is 6.16. The van der Waals surface area contributed by atoms with Crippen LogP contribution in [0.3, 0.4) is 0 Å². The Morgan fingerprint density at radius 2 is 1.68 bits per heavy atom. The standard InChI is InChI=1S/C16H24N2O4/c1-5-21-13-6-8-14(9-7-13)22-11-16(20)18(4)10-15(19)17-12(2)3/h6-9,12H,5,10-11H2,1-4H3,(H,17,19). The lowest BCUT2D eigenvalue weighted by Gasteiger charge is -2.18. The van der Waals surface area contributed by atoms with Crippen molar-refractivity contribution in [3.63, 3.8) is 0 Å². The van der Waals surface area contributed by atoms with Gasteiger partial charge >= 0.3 is 0 Å². The number of nitrogens with one attached hydrogen (secondary N) is 1. The minimum absolute atomic E-state index is 0.0175. The minimum Gasteiger partial charge on any atom is -0.494 e. The molecule has 6 nitrogen and oxygen atoms in total. The average Bonchev–Trinajstić information content (AvgIpc) is 2.45. The Labute approximate surface area is 131 Å². The molecule has 0 radical (unpaired) electrons. The molecular formula is C16H24N2O4.